The van der Waals surface area contributed by atoms with Gasteiger partial charge >= 0.3 is 5.30 Å². The molecule has 16 heavy (non-hydrogen) atoms. The van der Waals surface area contributed by atoms with Gasteiger partial charge in [0.2, 0.25) is 0 Å². The topological polar surface area (TPSA) is 52.1 Å². The van der Waals surface area contributed by atoms with Gasteiger partial charge in [0.05, 0.1) is 6.61 Å². The summed E-state index contributed by atoms with van der Waals surface area (Å²) in [5.41, 5.74) is 0. The number of aromatic nitrogens is 2. The van der Waals surface area contributed by atoms with Crippen molar-refractivity contribution in [3.05, 3.63) is 0 Å². The first-order valence-corrected chi connectivity index (χ1v) is 7.69. The maximum absolute atomic E-state index is 11.2. The van der Waals surface area contributed by atoms with Crippen molar-refractivity contribution in [2.75, 3.05) is 12.4 Å². The number of rotatable bonds is 6. The largest absolute Gasteiger partial charge is 0.458 e. The number of ether oxygens (including phenoxy) is 1. The molecule has 0 spiro atoms. The summed E-state index contributed by atoms with van der Waals surface area (Å²) < 4.78 is 6.38. The van der Waals surface area contributed by atoms with Crippen LogP contribution in [0.25, 0.3) is 0 Å². The number of hydrogen-bond donors (Lipinski definition) is 0. The van der Waals surface area contributed by atoms with Crippen LogP contribution in [-0.4, -0.2) is 27.9 Å². The van der Waals surface area contributed by atoms with Crippen LogP contribution in [-0.2, 0) is 4.74 Å². The highest BCUT2D eigenvalue weighted by Gasteiger charge is 2.11. The van der Waals surface area contributed by atoms with E-state index >= 15 is 0 Å². The van der Waals surface area contributed by atoms with Gasteiger partial charge in [-0.05, 0) is 13.3 Å². The molecule has 0 bridgehead atoms. The van der Waals surface area contributed by atoms with Gasteiger partial charge in [0.15, 0.2) is 8.68 Å². The molecule has 0 aliphatic carbocycles. The first kappa shape index (κ1) is 13.8. The lowest BCUT2D eigenvalue weighted by atomic mass is 10.4. The van der Waals surface area contributed by atoms with E-state index in [0.717, 1.165) is 21.9 Å². The van der Waals surface area contributed by atoms with Crippen molar-refractivity contribution in [1.82, 2.24) is 10.2 Å². The van der Waals surface area contributed by atoms with Crippen molar-refractivity contribution in [2.24, 2.45) is 0 Å². The summed E-state index contributed by atoms with van der Waals surface area (Å²) in [5, 5.41) is 7.62. The number of nitrogens with zero attached hydrogens (tertiary/aromatic N) is 2. The summed E-state index contributed by atoms with van der Waals surface area (Å²) in [6.07, 6.45) is 2.35. The van der Waals surface area contributed by atoms with E-state index in [2.05, 4.69) is 17.1 Å². The molecule has 0 amide bonds. The molecule has 0 atom stereocenters. The lowest BCUT2D eigenvalue weighted by molar-refractivity contribution is 0.181. The lowest BCUT2D eigenvalue weighted by Gasteiger charge is -1.95. The minimum atomic E-state index is -0.316. The molecule has 0 aliphatic heterocycles. The molecule has 4 nitrogen and oxygen atoms in total. The van der Waals surface area contributed by atoms with Crippen LogP contribution in [0.2, 0.25) is 0 Å². The molecule has 0 saturated carbocycles. The van der Waals surface area contributed by atoms with Crippen LogP contribution in [0, 0.1) is 0 Å². The van der Waals surface area contributed by atoms with Crippen LogP contribution in [0.3, 0.4) is 0 Å². The third kappa shape index (κ3) is 5.18. The van der Waals surface area contributed by atoms with Crippen LogP contribution in [0.4, 0.5) is 4.79 Å². The number of carbonyl (C=O) groups is 1. The van der Waals surface area contributed by atoms with Crippen molar-refractivity contribution in [2.45, 2.75) is 35.4 Å². The maximum Gasteiger partial charge on any atom is 0.374 e. The van der Waals surface area contributed by atoms with Crippen molar-refractivity contribution in [1.29, 1.82) is 0 Å². The molecule has 1 heterocycles. The lowest BCUT2D eigenvalue weighted by Crippen LogP contribution is -1.95. The zero-order valence-corrected chi connectivity index (χ0v) is 11.7. The molecule has 0 aliphatic rings. The van der Waals surface area contributed by atoms with Crippen molar-refractivity contribution in [3.8, 4) is 0 Å². The molecular formula is C9H14N2O2S3. The molecule has 0 aromatic carbocycles. The van der Waals surface area contributed by atoms with E-state index in [9.17, 15) is 4.79 Å². The van der Waals surface area contributed by atoms with Crippen molar-refractivity contribution in [3.63, 3.8) is 0 Å². The van der Waals surface area contributed by atoms with Gasteiger partial charge in [0.25, 0.3) is 0 Å². The minimum Gasteiger partial charge on any atom is -0.458 e. The second-order valence-corrected chi connectivity index (χ2v) is 6.32. The maximum atomic E-state index is 11.2. The Labute approximate surface area is 108 Å². The second-order valence-electron chi connectivity index (χ2n) is 2.82. The molecular weight excluding hydrogens is 264 g/mol. The molecule has 0 fully saturated rings. The van der Waals surface area contributed by atoms with Crippen molar-refractivity contribution < 1.29 is 9.53 Å². The molecule has 1 rings (SSSR count). The van der Waals surface area contributed by atoms with Gasteiger partial charge < -0.3 is 4.74 Å². The number of hydrogen-bond acceptors (Lipinski definition) is 7. The van der Waals surface area contributed by atoms with Gasteiger partial charge in [-0.25, -0.2) is 4.79 Å². The zero-order valence-electron chi connectivity index (χ0n) is 9.26. The van der Waals surface area contributed by atoms with Crippen LogP contribution < -0.4 is 0 Å². The first-order chi connectivity index (χ1) is 7.76. The zero-order chi connectivity index (χ0) is 11.8. The molecule has 0 N–H and O–H groups in total. The van der Waals surface area contributed by atoms with E-state index in [-0.39, 0.29) is 5.30 Å². The Morgan fingerprint density at radius 1 is 1.38 bits per heavy atom. The minimum absolute atomic E-state index is 0.316. The monoisotopic (exact) mass is 278 g/mol. The normalized spacial score (nSPS) is 10.4. The van der Waals surface area contributed by atoms with Gasteiger partial charge in [-0.2, -0.15) is 0 Å². The van der Waals surface area contributed by atoms with Gasteiger partial charge in [-0.15, -0.1) is 10.2 Å². The van der Waals surface area contributed by atoms with E-state index in [1.807, 2.05) is 0 Å². The Balaban J connectivity index is 2.36. The number of thioether (sulfide) groups is 2. The fourth-order valence-electron chi connectivity index (χ4n) is 0.819. The highest BCUT2D eigenvalue weighted by molar-refractivity contribution is 8.14. The fourth-order valence-corrected chi connectivity index (χ4v) is 3.73. The summed E-state index contributed by atoms with van der Waals surface area (Å²) >= 11 is 4.12. The standard InChI is InChI=1S/C9H14N2O2S3/c1-3-5-6-14-7-10-11-8(15-7)16-9(12)13-4-2/h3-6H2,1-2H3. The average molecular weight is 278 g/mol. The molecule has 1 aromatic rings. The second kappa shape index (κ2) is 7.92. The quantitative estimate of drug-likeness (QED) is 0.449. The van der Waals surface area contributed by atoms with E-state index in [4.69, 9.17) is 4.74 Å². The van der Waals surface area contributed by atoms with Gasteiger partial charge in [-0.3, -0.25) is 0 Å². The highest BCUT2D eigenvalue weighted by Crippen LogP contribution is 2.29. The molecule has 0 saturated heterocycles. The van der Waals surface area contributed by atoms with Crippen LogP contribution in [0.15, 0.2) is 8.68 Å². The van der Waals surface area contributed by atoms with E-state index in [1.165, 1.54) is 24.2 Å². The Morgan fingerprint density at radius 3 is 2.81 bits per heavy atom. The van der Waals surface area contributed by atoms with Crippen LogP contribution in [0.1, 0.15) is 26.7 Å². The summed E-state index contributed by atoms with van der Waals surface area (Å²) in [6, 6.07) is 0. The van der Waals surface area contributed by atoms with Crippen LogP contribution >= 0.6 is 34.9 Å². The Hall–Kier alpha value is -0.270. The Bertz CT molecular complexity index is 330. The number of carbonyl (C=O) groups excluding carboxylic acids is 1. The average Bonchev–Trinajstić information content (AvgIpc) is 2.66. The Kier molecular flexibility index (Phi) is 6.82. The molecule has 90 valence electrons. The SMILES string of the molecule is CCCCSc1nnc(SC(=O)OCC)s1. The summed E-state index contributed by atoms with van der Waals surface area (Å²) in [7, 11) is 0. The van der Waals surface area contributed by atoms with Gasteiger partial charge in [0, 0.05) is 17.5 Å². The van der Waals surface area contributed by atoms with E-state index in [0.29, 0.717) is 10.9 Å². The van der Waals surface area contributed by atoms with Crippen molar-refractivity contribution >= 4 is 40.2 Å². The summed E-state index contributed by atoms with van der Waals surface area (Å²) in [5.74, 6) is 1.05. The fraction of sp³-hybridized carbons (Fsp3) is 0.667. The molecule has 0 radical (unpaired) electrons. The predicted octanol–water partition coefficient (Wildman–Crippen LogP) is 3.68. The van der Waals surface area contributed by atoms with Gasteiger partial charge in [0.1, 0.15) is 0 Å². The first-order valence-electron chi connectivity index (χ1n) is 5.07. The summed E-state index contributed by atoms with van der Waals surface area (Å²) in [6.45, 7) is 4.33. The third-order valence-electron chi connectivity index (χ3n) is 1.54. The molecule has 0 unspecified atom stereocenters. The summed E-state index contributed by atoms with van der Waals surface area (Å²) in [4.78, 5) is 11.2. The van der Waals surface area contributed by atoms with E-state index in [1.54, 1.807) is 18.7 Å². The smallest absolute Gasteiger partial charge is 0.374 e. The molecule has 1 aromatic heterocycles. The van der Waals surface area contributed by atoms with Gasteiger partial charge in [-0.1, -0.05) is 36.4 Å². The van der Waals surface area contributed by atoms with Crippen LogP contribution in [0.5, 0.6) is 0 Å². The highest BCUT2D eigenvalue weighted by atomic mass is 32.2. The third-order valence-corrected chi connectivity index (χ3v) is 4.52. The molecule has 7 heteroatoms. The van der Waals surface area contributed by atoms with E-state index < -0.39 is 0 Å². The number of unbranched alkanes of at least 4 members (excludes halogenated alkanes) is 1. The predicted molar refractivity (Wildman–Crippen MR) is 68.4 cm³/mol. The Morgan fingerprint density at radius 2 is 2.12 bits per heavy atom.